The number of aliphatic hydroxyl groups is 1. The zero-order valence-corrected chi connectivity index (χ0v) is 13.8. The average Bonchev–Trinajstić information content (AvgIpc) is 3.14. The molecule has 7 nitrogen and oxygen atoms in total. The van der Waals surface area contributed by atoms with E-state index in [4.69, 9.17) is 4.52 Å². The number of pyridine rings is 1. The number of carbonyl (C=O) groups is 1. The Kier molecular flexibility index (Phi) is 5.65. The molecule has 134 valence electrons. The number of hydrogen-bond donors (Lipinski definition) is 2. The number of aliphatic hydroxyl groups excluding tert-OH is 1. The highest BCUT2D eigenvalue weighted by atomic mass is 19.1. The Morgan fingerprint density at radius 2 is 2.19 bits per heavy atom. The van der Waals surface area contributed by atoms with Crippen LogP contribution in [0.4, 0.5) is 4.39 Å². The normalized spacial score (nSPS) is 11.9. The molecule has 2 aromatic heterocycles. The Balaban J connectivity index is 1.46. The minimum absolute atomic E-state index is 0.00689. The van der Waals surface area contributed by atoms with Gasteiger partial charge < -0.3 is 14.9 Å². The molecule has 26 heavy (non-hydrogen) atoms. The molecule has 3 rings (SSSR count). The zero-order chi connectivity index (χ0) is 18.4. The molecule has 2 N–H and O–H groups in total. The molecule has 0 aliphatic rings. The first-order valence-electron chi connectivity index (χ1n) is 8.05. The lowest BCUT2D eigenvalue weighted by Gasteiger charge is -2.12. The summed E-state index contributed by atoms with van der Waals surface area (Å²) in [6, 6.07) is 9.20. The van der Waals surface area contributed by atoms with Crippen molar-refractivity contribution in [2.24, 2.45) is 0 Å². The summed E-state index contributed by atoms with van der Waals surface area (Å²) in [5.41, 5.74) is 1.13. The molecule has 8 heteroatoms. The second kappa shape index (κ2) is 8.30. The van der Waals surface area contributed by atoms with Crippen molar-refractivity contribution in [2.45, 2.75) is 18.9 Å². The van der Waals surface area contributed by atoms with Crippen molar-refractivity contribution in [2.75, 3.05) is 6.54 Å². The fraction of sp³-hybridized carbons (Fsp3) is 0.222. The van der Waals surface area contributed by atoms with E-state index in [2.05, 4.69) is 20.4 Å². The number of amides is 1. The summed E-state index contributed by atoms with van der Waals surface area (Å²) in [6.07, 6.45) is 2.69. The Labute approximate surface area is 148 Å². The number of aromatic nitrogens is 3. The van der Waals surface area contributed by atoms with Gasteiger partial charge in [0, 0.05) is 37.3 Å². The first-order chi connectivity index (χ1) is 12.6. The lowest BCUT2D eigenvalue weighted by Crippen LogP contribution is -2.28. The van der Waals surface area contributed by atoms with Crippen molar-refractivity contribution < 1.29 is 18.8 Å². The first-order valence-corrected chi connectivity index (χ1v) is 8.05. The molecule has 1 atom stereocenters. The van der Waals surface area contributed by atoms with Crippen LogP contribution in [-0.2, 0) is 11.2 Å². The van der Waals surface area contributed by atoms with Gasteiger partial charge in [0.1, 0.15) is 5.82 Å². The number of benzene rings is 1. The fourth-order valence-electron chi connectivity index (χ4n) is 2.32. The third-order valence-corrected chi connectivity index (χ3v) is 3.68. The Bertz CT molecular complexity index is 870. The lowest BCUT2D eigenvalue weighted by molar-refractivity contribution is -0.121. The quantitative estimate of drug-likeness (QED) is 0.672. The molecule has 0 saturated heterocycles. The molecular weight excluding hydrogens is 339 g/mol. The largest absolute Gasteiger partial charge is 0.387 e. The summed E-state index contributed by atoms with van der Waals surface area (Å²) in [4.78, 5) is 20.1. The monoisotopic (exact) mass is 356 g/mol. The maximum atomic E-state index is 13.1. The van der Waals surface area contributed by atoms with E-state index >= 15 is 0 Å². The summed E-state index contributed by atoms with van der Waals surface area (Å²) >= 11 is 0. The number of nitrogens with one attached hydrogen (secondary N) is 1. The van der Waals surface area contributed by atoms with Crippen LogP contribution in [0.15, 0.2) is 53.3 Å². The van der Waals surface area contributed by atoms with Crippen molar-refractivity contribution in [1.29, 1.82) is 0 Å². The molecule has 3 aromatic rings. The Morgan fingerprint density at radius 3 is 2.96 bits per heavy atom. The van der Waals surface area contributed by atoms with Crippen LogP contribution in [0.2, 0.25) is 0 Å². The molecule has 1 amide bonds. The molecule has 0 unspecified atom stereocenters. The van der Waals surface area contributed by atoms with E-state index in [0.29, 0.717) is 17.3 Å². The van der Waals surface area contributed by atoms with E-state index in [1.807, 2.05) is 6.07 Å². The predicted molar refractivity (Wildman–Crippen MR) is 90.2 cm³/mol. The van der Waals surface area contributed by atoms with Gasteiger partial charge in [0.05, 0.1) is 6.10 Å². The number of carbonyl (C=O) groups excluding carboxylic acids is 1. The fourth-order valence-corrected chi connectivity index (χ4v) is 2.32. The summed E-state index contributed by atoms with van der Waals surface area (Å²) in [5, 5.41) is 16.4. The number of nitrogens with zero attached hydrogens (tertiary/aromatic N) is 3. The minimum Gasteiger partial charge on any atom is -0.387 e. The maximum Gasteiger partial charge on any atom is 0.227 e. The summed E-state index contributed by atoms with van der Waals surface area (Å²) in [7, 11) is 0. The molecule has 0 saturated carbocycles. The zero-order valence-electron chi connectivity index (χ0n) is 13.8. The molecule has 2 heterocycles. The molecule has 1 aromatic carbocycles. The molecule has 0 fully saturated rings. The second-order valence-electron chi connectivity index (χ2n) is 5.63. The molecular formula is C18H17FN4O3. The van der Waals surface area contributed by atoms with Gasteiger partial charge in [0.25, 0.3) is 0 Å². The van der Waals surface area contributed by atoms with Gasteiger partial charge in [-0.15, -0.1) is 0 Å². The third-order valence-electron chi connectivity index (χ3n) is 3.68. The average molecular weight is 356 g/mol. The standard InChI is InChI=1S/C18H17FN4O3/c19-14-5-1-3-12(9-14)15(24)11-21-16(25)6-7-17-22-18(23-26-17)13-4-2-8-20-10-13/h1-5,8-10,15,24H,6-7,11H2,(H,21,25)/t15-/m0/s1. The Morgan fingerprint density at radius 1 is 1.31 bits per heavy atom. The molecule has 0 radical (unpaired) electrons. The van der Waals surface area contributed by atoms with Crippen LogP contribution in [0, 0.1) is 5.82 Å². The van der Waals surface area contributed by atoms with Crippen LogP contribution >= 0.6 is 0 Å². The van der Waals surface area contributed by atoms with Crippen LogP contribution in [0.1, 0.15) is 24.0 Å². The first kappa shape index (κ1) is 17.7. The van der Waals surface area contributed by atoms with Crippen LogP contribution in [0.5, 0.6) is 0 Å². The van der Waals surface area contributed by atoms with Gasteiger partial charge in [0.2, 0.25) is 17.6 Å². The highest BCUT2D eigenvalue weighted by Gasteiger charge is 2.13. The van der Waals surface area contributed by atoms with Crippen molar-refractivity contribution in [1.82, 2.24) is 20.4 Å². The topological polar surface area (TPSA) is 101 Å². The minimum atomic E-state index is -0.977. The Hall–Kier alpha value is -3.13. The van der Waals surface area contributed by atoms with Crippen molar-refractivity contribution >= 4 is 5.91 Å². The van der Waals surface area contributed by atoms with Crippen LogP contribution in [-0.4, -0.2) is 32.7 Å². The van der Waals surface area contributed by atoms with Gasteiger partial charge >= 0.3 is 0 Å². The van der Waals surface area contributed by atoms with Gasteiger partial charge in [0.15, 0.2) is 0 Å². The summed E-state index contributed by atoms with van der Waals surface area (Å²) in [6.45, 7) is -0.00689. The summed E-state index contributed by atoms with van der Waals surface area (Å²) < 4.78 is 18.3. The van der Waals surface area contributed by atoms with E-state index in [1.165, 1.54) is 18.2 Å². The van der Waals surface area contributed by atoms with E-state index in [9.17, 15) is 14.3 Å². The molecule has 0 spiro atoms. The van der Waals surface area contributed by atoms with E-state index in [1.54, 1.807) is 24.5 Å². The van der Waals surface area contributed by atoms with Gasteiger partial charge in [-0.1, -0.05) is 17.3 Å². The molecule has 0 bridgehead atoms. The number of aryl methyl sites for hydroxylation is 1. The SMILES string of the molecule is O=C(CCc1nc(-c2cccnc2)no1)NC[C@H](O)c1cccc(F)c1. The number of halogens is 1. The molecule has 0 aliphatic heterocycles. The highest BCUT2D eigenvalue weighted by molar-refractivity contribution is 5.76. The molecule has 0 aliphatic carbocycles. The van der Waals surface area contributed by atoms with Gasteiger partial charge in [-0.2, -0.15) is 4.98 Å². The highest BCUT2D eigenvalue weighted by Crippen LogP contribution is 2.15. The van der Waals surface area contributed by atoms with Crippen LogP contribution < -0.4 is 5.32 Å². The van der Waals surface area contributed by atoms with Crippen molar-refractivity contribution in [3.63, 3.8) is 0 Å². The van der Waals surface area contributed by atoms with E-state index < -0.39 is 11.9 Å². The third kappa shape index (κ3) is 4.70. The van der Waals surface area contributed by atoms with Crippen molar-refractivity contribution in [3.05, 3.63) is 66.1 Å². The van der Waals surface area contributed by atoms with Gasteiger partial charge in [-0.3, -0.25) is 9.78 Å². The number of rotatable bonds is 7. The van der Waals surface area contributed by atoms with Gasteiger partial charge in [-0.05, 0) is 29.8 Å². The van der Waals surface area contributed by atoms with Crippen LogP contribution in [0.25, 0.3) is 11.4 Å². The maximum absolute atomic E-state index is 13.1. The van der Waals surface area contributed by atoms with Gasteiger partial charge in [-0.25, -0.2) is 4.39 Å². The van der Waals surface area contributed by atoms with E-state index in [-0.39, 0.29) is 25.3 Å². The second-order valence-corrected chi connectivity index (χ2v) is 5.63. The lowest BCUT2D eigenvalue weighted by atomic mass is 10.1. The number of hydrogen-bond acceptors (Lipinski definition) is 6. The van der Waals surface area contributed by atoms with E-state index in [0.717, 1.165) is 5.56 Å². The predicted octanol–water partition coefficient (Wildman–Crippen LogP) is 2.05. The summed E-state index contributed by atoms with van der Waals surface area (Å²) in [5.74, 6) is 0.0370. The van der Waals surface area contributed by atoms with Crippen molar-refractivity contribution in [3.8, 4) is 11.4 Å². The van der Waals surface area contributed by atoms with Crippen LogP contribution in [0.3, 0.4) is 0 Å². The smallest absolute Gasteiger partial charge is 0.227 e.